The Morgan fingerprint density at radius 2 is 2.06 bits per heavy atom. The number of esters is 1. The van der Waals surface area contributed by atoms with E-state index >= 15 is 0 Å². The molecule has 1 unspecified atom stereocenters. The van der Waals surface area contributed by atoms with Gasteiger partial charge in [0.25, 0.3) is 0 Å². The molecule has 1 amide bonds. The second-order valence-electron chi connectivity index (χ2n) is 3.59. The number of methoxy groups -OCH3 is 1. The summed E-state index contributed by atoms with van der Waals surface area (Å²) in [6.45, 7) is 0.163. The third kappa shape index (κ3) is 3.91. The van der Waals surface area contributed by atoms with E-state index in [4.69, 9.17) is 5.26 Å². The number of hydrogen-bond donors (Lipinski definition) is 1. The summed E-state index contributed by atoms with van der Waals surface area (Å²) in [5.74, 6) is -1.67. The van der Waals surface area contributed by atoms with Crippen molar-refractivity contribution in [2.24, 2.45) is 0 Å². The van der Waals surface area contributed by atoms with Crippen LogP contribution in [0.15, 0.2) is 30.3 Å². The normalized spacial score (nSPS) is 11.1. The van der Waals surface area contributed by atoms with E-state index in [1.807, 2.05) is 12.1 Å². The van der Waals surface area contributed by atoms with Crippen LogP contribution in [0.4, 0.5) is 0 Å². The second kappa shape index (κ2) is 7.07. The highest BCUT2D eigenvalue weighted by atomic mass is 16.5. The van der Waals surface area contributed by atoms with E-state index in [1.54, 1.807) is 24.3 Å². The van der Waals surface area contributed by atoms with Gasteiger partial charge in [-0.15, -0.1) is 0 Å². The summed E-state index contributed by atoms with van der Waals surface area (Å²) in [7, 11) is 1.28. The van der Waals surface area contributed by atoms with Gasteiger partial charge in [0.15, 0.2) is 0 Å². The summed E-state index contributed by atoms with van der Waals surface area (Å²) in [6.07, 6.45) is 0.0924. The van der Waals surface area contributed by atoms with Crippen LogP contribution in [0.3, 0.4) is 0 Å². The molecule has 1 N–H and O–H groups in total. The number of nitrogens with zero attached hydrogens (tertiary/aromatic N) is 1. The molecule has 0 saturated heterocycles. The lowest BCUT2D eigenvalue weighted by molar-refractivity contribution is -0.140. The Morgan fingerprint density at radius 1 is 1.39 bits per heavy atom. The minimum Gasteiger partial charge on any atom is -0.469 e. The topological polar surface area (TPSA) is 79.2 Å². The molecule has 0 bridgehead atoms. The van der Waals surface area contributed by atoms with E-state index in [2.05, 4.69) is 10.1 Å². The smallest absolute Gasteiger partial charge is 0.307 e. The third-order valence-corrected chi connectivity index (χ3v) is 2.38. The number of nitriles is 1. The van der Waals surface area contributed by atoms with Crippen LogP contribution in [0.2, 0.25) is 0 Å². The average molecular weight is 246 g/mol. The van der Waals surface area contributed by atoms with E-state index in [-0.39, 0.29) is 13.0 Å². The van der Waals surface area contributed by atoms with Crippen LogP contribution in [0, 0.1) is 11.3 Å². The summed E-state index contributed by atoms with van der Waals surface area (Å²) in [5, 5.41) is 11.5. The minimum atomic E-state index is -0.858. The number of benzene rings is 1. The Kier molecular flexibility index (Phi) is 5.39. The third-order valence-electron chi connectivity index (χ3n) is 2.38. The summed E-state index contributed by atoms with van der Waals surface area (Å²) in [6, 6.07) is 10.7. The molecule has 1 aromatic carbocycles. The molecule has 0 aliphatic heterocycles. The zero-order chi connectivity index (χ0) is 13.4. The van der Waals surface area contributed by atoms with Crippen molar-refractivity contribution in [3.63, 3.8) is 0 Å². The first-order valence-electron chi connectivity index (χ1n) is 5.48. The molecule has 18 heavy (non-hydrogen) atoms. The number of carbonyl (C=O) groups excluding carboxylic acids is 2. The maximum absolute atomic E-state index is 11.8. The monoisotopic (exact) mass is 246 g/mol. The van der Waals surface area contributed by atoms with Crippen LogP contribution in [0.5, 0.6) is 0 Å². The first-order chi connectivity index (χ1) is 8.69. The van der Waals surface area contributed by atoms with Crippen LogP contribution < -0.4 is 5.32 Å². The molecule has 0 heterocycles. The van der Waals surface area contributed by atoms with E-state index in [0.717, 1.165) is 0 Å². The highest BCUT2D eigenvalue weighted by Crippen LogP contribution is 2.14. The van der Waals surface area contributed by atoms with E-state index in [9.17, 15) is 9.59 Å². The molecular formula is C13H14N2O3. The lowest BCUT2D eigenvalue weighted by atomic mass is 10.00. The number of amides is 1. The van der Waals surface area contributed by atoms with Gasteiger partial charge in [0, 0.05) is 6.54 Å². The number of rotatable bonds is 5. The minimum absolute atomic E-state index is 0.0924. The molecule has 0 radical (unpaired) electrons. The first-order valence-corrected chi connectivity index (χ1v) is 5.48. The first kappa shape index (κ1) is 13.7. The highest BCUT2D eigenvalue weighted by molar-refractivity contribution is 5.86. The van der Waals surface area contributed by atoms with Crippen LogP contribution >= 0.6 is 0 Å². The second-order valence-corrected chi connectivity index (χ2v) is 3.59. The lowest BCUT2D eigenvalue weighted by Gasteiger charge is -2.09. The van der Waals surface area contributed by atoms with Gasteiger partial charge < -0.3 is 10.1 Å². The van der Waals surface area contributed by atoms with Gasteiger partial charge in [0.1, 0.15) is 5.92 Å². The average Bonchev–Trinajstić information content (AvgIpc) is 2.40. The van der Waals surface area contributed by atoms with Crippen molar-refractivity contribution in [1.29, 1.82) is 5.26 Å². The van der Waals surface area contributed by atoms with Gasteiger partial charge in [-0.05, 0) is 5.56 Å². The summed E-state index contributed by atoms with van der Waals surface area (Å²) in [5.41, 5.74) is 0.635. The van der Waals surface area contributed by atoms with Gasteiger partial charge in [-0.25, -0.2) is 0 Å². The molecule has 5 nitrogen and oxygen atoms in total. The van der Waals surface area contributed by atoms with E-state index in [1.165, 1.54) is 7.11 Å². The van der Waals surface area contributed by atoms with Crippen molar-refractivity contribution in [2.75, 3.05) is 13.7 Å². The fourth-order valence-electron chi connectivity index (χ4n) is 1.42. The van der Waals surface area contributed by atoms with Gasteiger partial charge in [-0.2, -0.15) is 5.26 Å². The number of ether oxygens (including phenoxy) is 1. The summed E-state index contributed by atoms with van der Waals surface area (Å²) in [4.78, 5) is 22.6. The van der Waals surface area contributed by atoms with Crippen LogP contribution in [0.25, 0.3) is 0 Å². The number of carbonyl (C=O) groups is 2. The lowest BCUT2D eigenvalue weighted by Crippen LogP contribution is -2.30. The molecule has 0 fully saturated rings. The van der Waals surface area contributed by atoms with Crippen LogP contribution in [0.1, 0.15) is 17.9 Å². The predicted molar refractivity (Wildman–Crippen MR) is 64.4 cm³/mol. The van der Waals surface area contributed by atoms with E-state index < -0.39 is 17.8 Å². The molecule has 0 aromatic heterocycles. The Balaban J connectivity index is 2.54. The Bertz CT molecular complexity index is 451. The van der Waals surface area contributed by atoms with Crippen molar-refractivity contribution < 1.29 is 14.3 Å². The Morgan fingerprint density at radius 3 is 2.61 bits per heavy atom. The standard InChI is InChI=1S/C13H14N2O3/c1-18-12(16)7-8-15-13(17)11(9-14)10-5-3-2-4-6-10/h2-6,11H,7-8H2,1H3,(H,15,17). The van der Waals surface area contributed by atoms with Crippen molar-refractivity contribution in [3.05, 3.63) is 35.9 Å². The van der Waals surface area contributed by atoms with Gasteiger partial charge in [-0.1, -0.05) is 30.3 Å². The highest BCUT2D eigenvalue weighted by Gasteiger charge is 2.19. The molecule has 94 valence electrons. The fraction of sp³-hybridized carbons (Fsp3) is 0.308. The zero-order valence-corrected chi connectivity index (χ0v) is 10.1. The molecule has 0 aliphatic carbocycles. The fourth-order valence-corrected chi connectivity index (χ4v) is 1.42. The molecule has 0 spiro atoms. The molecule has 1 atom stereocenters. The number of hydrogen-bond acceptors (Lipinski definition) is 4. The maximum Gasteiger partial charge on any atom is 0.307 e. The van der Waals surface area contributed by atoms with Gasteiger partial charge in [0.05, 0.1) is 19.6 Å². The molecule has 0 saturated carbocycles. The SMILES string of the molecule is COC(=O)CCNC(=O)C(C#N)c1ccccc1. The van der Waals surface area contributed by atoms with Crippen molar-refractivity contribution in [1.82, 2.24) is 5.32 Å². The molecule has 1 rings (SSSR count). The molecule has 5 heteroatoms. The van der Waals surface area contributed by atoms with Crippen molar-refractivity contribution >= 4 is 11.9 Å². The molecule has 1 aromatic rings. The predicted octanol–water partition coefficient (Wildman–Crippen LogP) is 0.973. The van der Waals surface area contributed by atoms with Crippen LogP contribution in [-0.2, 0) is 14.3 Å². The van der Waals surface area contributed by atoms with Gasteiger partial charge >= 0.3 is 5.97 Å². The largest absolute Gasteiger partial charge is 0.469 e. The van der Waals surface area contributed by atoms with Crippen molar-refractivity contribution in [2.45, 2.75) is 12.3 Å². The Hall–Kier alpha value is -2.35. The number of nitrogens with one attached hydrogen (secondary N) is 1. The van der Waals surface area contributed by atoms with Crippen molar-refractivity contribution in [3.8, 4) is 6.07 Å². The quantitative estimate of drug-likeness (QED) is 0.785. The van der Waals surface area contributed by atoms with Gasteiger partial charge in [0.2, 0.25) is 5.91 Å². The van der Waals surface area contributed by atoms with E-state index in [0.29, 0.717) is 5.56 Å². The maximum atomic E-state index is 11.8. The zero-order valence-electron chi connectivity index (χ0n) is 10.1. The van der Waals surface area contributed by atoms with Crippen LogP contribution in [-0.4, -0.2) is 25.5 Å². The Labute approximate surface area is 105 Å². The molecular weight excluding hydrogens is 232 g/mol. The summed E-state index contributed by atoms with van der Waals surface area (Å²) < 4.78 is 4.45. The summed E-state index contributed by atoms with van der Waals surface area (Å²) >= 11 is 0. The molecule has 0 aliphatic rings. The van der Waals surface area contributed by atoms with Gasteiger partial charge in [-0.3, -0.25) is 9.59 Å².